The van der Waals surface area contributed by atoms with Crippen LogP contribution in [0.1, 0.15) is 18.4 Å². The zero-order valence-corrected chi connectivity index (χ0v) is 12.1. The van der Waals surface area contributed by atoms with Gasteiger partial charge in [0.1, 0.15) is 6.04 Å². The van der Waals surface area contributed by atoms with Crippen LogP contribution >= 0.6 is 22.9 Å². The molecule has 0 aliphatic carbocycles. The Morgan fingerprint density at radius 2 is 2.37 bits per heavy atom. The van der Waals surface area contributed by atoms with Gasteiger partial charge in [0.05, 0.1) is 10.2 Å². The number of halogens is 1. The van der Waals surface area contributed by atoms with Gasteiger partial charge in [0.25, 0.3) is 0 Å². The van der Waals surface area contributed by atoms with Crippen LogP contribution in [0.15, 0.2) is 12.1 Å². The molecule has 0 saturated carbocycles. The van der Waals surface area contributed by atoms with Gasteiger partial charge in [-0.1, -0.05) is 22.9 Å². The summed E-state index contributed by atoms with van der Waals surface area (Å²) in [6, 6.07) is 3.63. The molecule has 2 heterocycles. The number of nitrogens with zero attached hydrogens (tertiary/aromatic N) is 2. The fourth-order valence-electron chi connectivity index (χ4n) is 2.50. The highest BCUT2D eigenvalue weighted by Crippen LogP contribution is 2.36. The minimum absolute atomic E-state index is 0.226. The first-order valence-electron chi connectivity index (χ1n) is 6.19. The Morgan fingerprint density at radius 3 is 3.11 bits per heavy atom. The molecular weight excluding hydrogens is 282 g/mol. The van der Waals surface area contributed by atoms with Gasteiger partial charge in [-0.3, -0.25) is 4.79 Å². The first-order valence-corrected chi connectivity index (χ1v) is 7.39. The van der Waals surface area contributed by atoms with Crippen molar-refractivity contribution in [2.75, 3.05) is 11.4 Å². The van der Waals surface area contributed by atoms with Crippen molar-refractivity contribution in [2.24, 2.45) is 5.73 Å². The van der Waals surface area contributed by atoms with Crippen LogP contribution in [-0.2, 0) is 4.79 Å². The summed E-state index contributed by atoms with van der Waals surface area (Å²) in [5.74, 6) is -0.272. The van der Waals surface area contributed by atoms with E-state index in [2.05, 4.69) is 4.98 Å². The van der Waals surface area contributed by atoms with E-state index in [9.17, 15) is 4.79 Å². The Balaban J connectivity index is 2.06. The van der Waals surface area contributed by atoms with Crippen LogP contribution in [0.25, 0.3) is 10.2 Å². The summed E-state index contributed by atoms with van der Waals surface area (Å²) in [6.07, 6.45) is 1.79. The number of primary amides is 1. The fourth-order valence-corrected chi connectivity index (χ4v) is 3.76. The molecule has 19 heavy (non-hydrogen) atoms. The van der Waals surface area contributed by atoms with E-state index >= 15 is 0 Å². The Morgan fingerprint density at radius 1 is 1.58 bits per heavy atom. The van der Waals surface area contributed by atoms with E-state index in [1.807, 2.05) is 24.0 Å². The van der Waals surface area contributed by atoms with Gasteiger partial charge in [-0.15, -0.1) is 0 Å². The Bertz CT molecular complexity index is 655. The lowest BCUT2D eigenvalue weighted by Crippen LogP contribution is -2.40. The lowest BCUT2D eigenvalue weighted by Gasteiger charge is -2.20. The van der Waals surface area contributed by atoms with Crippen LogP contribution in [0.4, 0.5) is 5.13 Å². The third kappa shape index (κ3) is 2.07. The zero-order valence-electron chi connectivity index (χ0n) is 10.5. The van der Waals surface area contributed by atoms with Crippen LogP contribution in [0, 0.1) is 6.92 Å². The second-order valence-electron chi connectivity index (χ2n) is 4.77. The number of aryl methyl sites for hydroxylation is 1. The molecule has 1 aliphatic rings. The van der Waals surface area contributed by atoms with Gasteiger partial charge in [-0.2, -0.15) is 0 Å². The molecule has 0 spiro atoms. The molecule has 1 unspecified atom stereocenters. The minimum Gasteiger partial charge on any atom is -0.368 e. The number of amides is 1. The number of rotatable bonds is 2. The predicted octanol–water partition coefficient (Wildman–Crippen LogP) is 2.71. The maximum absolute atomic E-state index is 11.5. The summed E-state index contributed by atoms with van der Waals surface area (Å²) in [7, 11) is 0. The second-order valence-corrected chi connectivity index (χ2v) is 6.19. The molecule has 2 N–H and O–H groups in total. The quantitative estimate of drug-likeness (QED) is 0.927. The largest absolute Gasteiger partial charge is 0.368 e. The number of carbonyl (C=O) groups is 1. The third-order valence-corrected chi connectivity index (χ3v) is 5.03. The number of hydrogen-bond acceptors (Lipinski definition) is 4. The summed E-state index contributed by atoms with van der Waals surface area (Å²) < 4.78 is 1.09. The van der Waals surface area contributed by atoms with Gasteiger partial charge in [-0.25, -0.2) is 4.98 Å². The van der Waals surface area contributed by atoms with E-state index in [4.69, 9.17) is 17.3 Å². The van der Waals surface area contributed by atoms with Crippen LogP contribution in [0.3, 0.4) is 0 Å². The summed E-state index contributed by atoms with van der Waals surface area (Å²) in [4.78, 5) is 18.1. The van der Waals surface area contributed by atoms with Crippen LogP contribution in [0.5, 0.6) is 0 Å². The molecule has 1 aliphatic heterocycles. The molecule has 1 aromatic heterocycles. The maximum Gasteiger partial charge on any atom is 0.240 e. The topological polar surface area (TPSA) is 59.2 Å². The normalized spacial score (nSPS) is 19.3. The minimum atomic E-state index is -0.272. The first-order chi connectivity index (χ1) is 9.08. The highest BCUT2D eigenvalue weighted by atomic mass is 35.5. The van der Waals surface area contributed by atoms with Crippen LogP contribution in [-0.4, -0.2) is 23.5 Å². The molecule has 3 rings (SSSR count). The van der Waals surface area contributed by atoms with Crippen molar-refractivity contribution in [3.63, 3.8) is 0 Å². The molecule has 1 atom stereocenters. The van der Waals surface area contributed by atoms with Crippen molar-refractivity contribution in [3.05, 3.63) is 22.7 Å². The predicted molar refractivity (Wildman–Crippen MR) is 78.9 cm³/mol. The van der Waals surface area contributed by atoms with Crippen molar-refractivity contribution in [2.45, 2.75) is 25.8 Å². The summed E-state index contributed by atoms with van der Waals surface area (Å²) in [6.45, 7) is 2.80. The number of aromatic nitrogens is 1. The summed E-state index contributed by atoms with van der Waals surface area (Å²) in [5.41, 5.74) is 7.35. The van der Waals surface area contributed by atoms with Gasteiger partial charge in [0.15, 0.2) is 5.13 Å². The van der Waals surface area contributed by atoms with Crippen molar-refractivity contribution in [3.8, 4) is 0 Å². The number of carbonyl (C=O) groups excluding carboxylic acids is 1. The number of anilines is 1. The lowest BCUT2D eigenvalue weighted by atomic mass is 10.2. The van der Waals surface area contributed by atoms with E-state index in [0.717, 1.165) is 45.3 Å². The molecule has 1 saturated heterocycles. The number of thiazole rings is 1. The molecule has 1 aromatic carbocycles. The van der Waals surface area contributed by atoms with Crippen LogP contribution in [0.2, 0.25) is 5.02 Å². The van der Waals surface area contributed by atoms with E-state index < -0.39 is 0 Å². The fraction of sp³-hybridized carbons (Fsp3) is 0.385. The van der Waals surface area contributed by atoms with Crippen molar-refractivity contribution in [1.82, 2.24) is 4.98 Å². The van der Waals surface area contributed by atoms with Crippen molar-refractivity contribution in [1.29, 1.82) is 0 Å². The Hall–Kier alpha value is -1.33. The summed E-state index contributed by atoms with van der Waals surface area (Å²) in [5, 5.41) is 1.58. The molecule has 0 radical (unpaired) electrons. The maximum atomic E-state index is 11.5. The summed E-state index contributed by atoms with van der Waals surface area (Å²) >= 11 is 7.70. The average molecular weight is 296 g/mol. The van der Waals surface area contributed by atoms with E-state index in [0.29, 0.717) is 0 Å². The lowest BCUT2D eigenvalue weighted by molar-refractivity contribution is -0.119. The van der Waals surface area contributed by atoms with Crippen molar-refractivity contribution < 1.29 is 4.79 Å². The molecule has 1 amide bonds. The van der Waals surface area contributed by atoms with Gasteiger partial charge < -0.3 is 10.6 Å². The van der Waals surface area contributed by atoms with Gasteiger partial charge in [0, 0.05) is 11.6 Å². The smallest absolute Gasteiger partial charge is 0.240 e. The van der Waals surface area contributed by atoms with Gasteiger partial charge >= 0.3 is 0 Å². The third-order valence-electron chi connectivity index (χ3n) is 3.56. The molecule has 1 fully saturated rings. The van der Waals surface area contributed by atoms with E-state index in [1.54, 1.807) is 11.3 Å². The highest BCUT2D eigenvalue weighted by molar-refractivity contribution is 7.22. The highest BCUT2D eigenvalue weighted by Gasteiger charge is 2.31. The van der Waals surface area contributed by atoms with E-state index in [1.165, 1.54) is 0 Å². The first kappa shape index (κ1) is 12.7. The number of fused-ring (bicyclic) bond motifs is 1. The number of benzene rings is 1. The standard InChI is InChI=1S/C13H14ClN3OS/c1-7-8(14)4-5-10-11(7)16-13(19-10)17-6-2-3-9(17)12(15)18/h4-5,9H,2-3,6H2,1H3,(H2,15,18). The molecule has 4 nitrogen and oxygen atoms in total. The SMILES string of the molecule is Cc1c(Cl)ccc2sc(N3CCCC3C(N)=O)nc12. The average Bonchev–Trinajstić information content (AvgIpc) is 2.99. The molecule has 100 valence electrons. The van der Waals surface area contributed by atoms with Crippen LogP contribution < -0.4 is 10.6 Å². The number of nitrogens with two attached hydrogens (primary N) is 1. The molecule has 2 aromatic rings. The monoisotopic (exact) mass is 295 g/mol. The molecular formula is C13H14ClN3OS. The van der Waals surface area contributed by atoms with E-state index in [-0.39, 0.29) is 11.9 Å². The molecule has 0 bridgehead atoms. The Kier molecular flexibility index (Phi) is 3.11. The number of hydrogen-bond donors (Lipinski definition) is 1. The Labute approximate surface area is 120 Å². The molecule has 6 heteroatoms. The second kappa shape index (κ2) is 4.65. The van der Waals surface area contributed by atoms with Gasteiger partial charge in [0.2, 0.25) is 5.91 Å². The van der Waals surface area contributed by atoms with Gasteiger partial charge in [-0.05, 0) is 37.5 Å². The van der Waals surface area contributed by atoms with Crippen molar-refractivity contribution >= 4 is 44.2 Å². The zero-order chi connectivity index (χ0) is 13.6.